The van der Waals surface area contributed by atoms with Crippen molar-refractivity contribution in [2.75, 3.05) is 6.54 Å². The van der Waals surface area contributed by atoms with Crippen LogP contribution in [0.4, 0.5) is 4.39 Å². The van der Waals surface area contributed by atoms with E-state index in [0.717, 1.165) is 41.9 Å². The largest absolute Gasteiger partial charge is 0.481 e. The molecule has 1 aliphatic carbocycles. The topological polar surface area (TPSA) is 64.8 Å². The second-order valence-electron chi connectivity index (χ2n) is 9.05. The molecule has 0 radical (unpaired) electrons. The maximum absolute atomic E-state index is 13.8. The van der Waals surface area contributed by atoms with Crippen molar-refractivity contribution in [1.29, 1.82) is 0 Å². The lowest BCUT2D eigenvalue weighted by Gasteiger charge is -2.41. The molecule has 6 rings (SSSR count). The molecule has 1 unspecified atom stereocenters. The summed E-state index contributed by atoms with van der Waals surface area (Å²) in [6, 6.07) is 12.6. The summed E-state index contributed by atoms with van der Waals surface area (Å²) < 4.78 is 22.0. The molecule has 34 heavy (non-hydrogen) atoms. The summed E-state index contributed by atoms with van der Waals surface area (Å²) in [5.41, 5.74) is 1.47. The van der Waals surface area contributed by atoms with Gasteiger partial charge in [-0.3, -0.25) is 0 Å². The Balaban J connectivity index is 1.31. The Morgan fingerprint density at radius 3 is 2.65 bits per heavy atom. The van der Waals surface area contributed by atoms with Crippen LogP contribution in [-0.4, -0.2) is 37.6 Å². The number of nitrogens with zero attached hydrogens (tertiary/aromatic N) is 5. The highest BCUT2D eigenvalue weighted by molar-refractivity contribution is 6.30. The number of hydrogen-bond donors (Lipinski definition) is 0. The van der Waals surface area contributed by atoms with E-state index in [2.05, 4.69) is 20.1 Å². The van der Waals surface area contributed by atoms with Crippen LogP contribution in [0.15, 0.2) is 59.7 Å². The predicted molar refractivity (Wildman–Crippen MR) is 126 cm³/mol. The van der Waals surface area contributed by atoms with Crippen LogP contribution < -0.4 is 0 Å². The third kappa shape index (κ3) is 3.44. The molecule has 0 N–H and O–H groups in total. The van der Waals surface area contributed by atoms with Gasteiger partial charge in [-0.05, 0) is 54.8 Å². The van der Waals surface area contributed by atoms with Crippen LogP contribution in [-0.2, 0) is 21.7 Å². The molecule has 1 saturated heterocycles. The van der Waals surface area contributed by atoms with Gasteiger partial charge < -0.3 is 14.5 Å². The highest BCUT2D eigenvalue weighted by Crippen LogP contribution is 2.50. The zero-order valence-electron chi connectivity index (χ0n) is 18.8. The van der Waals surface area contributed by atoms with Gasteiger partial charge in [-0.15, -0.1) is 0 Å². The van der Waals surface area contributed by atoms with Gasteiger partial charge in [-0.2, -0.15) is 5.10 Å². The number of benzene rings is 2. The number of halogens is 2. The molecule has 9 heteroatoms. The molecule has 1 spiro atoms. The van der Waals surface area contributed by atoms with Gasteiger partial charge in [0.1, 0.15) is 17.7 Å². The van der Waals surface area contributed by atoms with E-state index in [1.54, 1.807) is 23.1 Å². The first-order chi connectivity index (χ1) is 16.4. The SMILES string of the molecule is CCc1ncn(-c2ccc(/C=C3\OC4(CC4)CN4C3=NOC4(C)c3ccc(F)c(Cl)c3)cc2)n1. The average Bonchev–Trinajstić information content (AvgIpc) is 3.25. The van der Waals surface area contributed by atoms with Crippen molar-refractivity contribution in [1.82, 2.24) is 19.7 Å². The molecule has 174 valence electrons. The number of aryl methyl sites for hydroxylation is 1. The quantitative estimate of drug-likeness (QED) is 0.524. The first-order valence-electron chi connectivity index (χ1n) is 11.3. The maximum Gasteiger partial charge on any atom is 0.234 e. The number of hydrogen-bond acceptors (Lipinski definition) is 6. The summed E-state index contributed by atoms with van der Waals surface area (Å²) in [6.45, 7) is 4.59. The minimum atomic E-state index is -0.904. The fourth-order valence-corrected chi connectivity index (χ4v) is 4.56. The van der Waals surface area contributed by atoms with Crippen molar-refractivity contribution in [2.24, 2.45) is 5.16 Å². The first-order valence-corrected chi connectivity index (χ1v) is 11.7. The van der Waals surface area contributed by atoms with Crippen molar-refractivity contribution >= 4 is 23.5 Å². The highest BCUT2D eigenvalue weighted by Gasteiger charge is 2.58. The highest BCUT2D eigenvalue weighted by atomic mass is 35.5. The lowest BCUT2D eigenvalue weighted by atomic mass is 10.0. The second-order valence-corrected chi connectivity index (χ2v) is 9.46. The molecule has 7 nitrogen and oxygen atoms in total. The van der Waals surface area contributed by atoms with Crippen LogP contribution in [0.3, 0.4) is 0 Å². The molecule has 2 fully saturated rings. The Kier molecular flexibility index (Phi) is 4.71. The summed E-state index contributed by atoms with van der Waals surface area (Å²) in [5.74, 6) is 1.62. The van der Waals surface area contributed by atoms with Gasteiger partial charge >= 0.3 is 0 Å². The van der Waals surface area contributed by atoms with Gasteiger partial charge in [0, 0.05) is 18.9 Å². The molecule has 2 aliphatic heterocycles. The monoisotopic (exact) mass is 479 g/mol. The third-order valence-corrected chi connectivity index (χ3v) is 6.94. The van der Waals surface area contributed by atoms with Gasteiger partial charge in [-0.25, -0.2) is 14.1 Å². The number of amidine groups is 1. The molecule has 1 aromatic heterocycles. The van der Waals surface area contributed by atoms with E-state index in [0.29, 0.717) is 18.1 Å². The van der Waals surface area contributed by atoms with Gasteiger partial charge in [0.2, 0.25) is 11.6 Å². The van der Waals surface area contributed by atoms with Crippen molar-refractivity contribution in [3.63, 3.8) is 0 Å². The van der Waals surface area contributed by atoms with E-state index in [-0.39, 0.29) is 10.6 Å². The minimum absolute atomic E-state index is 0.0551. The van der Waals surface area contributed by atoms with Crippen LogP contribution in [0.2, 0.25) is 5.02 Å². The smallest absolute Gasteiger partial charge is 0.234 e. The van der Waals surface area contributed by atoms with Crippen molar-refractivity contribution in [3.05, 3.63) is 82.3 Å². The molecule has 3 aliphatic rings. The maximum atomic E-state index is 13.8. The fraction of sp³-hybridized carbons (Fsp3) is 0.320. The van der Waals surface area contributed by atoms with Gasteiger partial charge in [0.15, 0.2) is 11.6 Å². The van der Waals surface area contributed by atoms with Crippen molar-refractivity contribution in [3.8, 4) is 5.69 Å². The number of fused-ring (bicyclic) bond motifs is 1. The van der Waals surface area contributed by atoms with Gasteiger partial charge in [0.25, 0.3) is 0 Å². The summed E-state index contributed by atoms with van der Waals surface area (Å²) in [4.78, 5) is 12.3. The van der Waals surface area contributed by atoms with Crippen molar-refractivity contribution < 1.29 is 14.0 Å². The van der Waals surface area contributed by atoms with Crippen LogP contribution in [0.5, 0.6) is 0 Å². The molecule has 0 bridgehead atoms. The molecule has 3 heterocycles. The molecule has 1 saturated carbocycles. The third-order valence-electron chi connectivity index (χ3n) is 6.65. The van der Waals surface area contributed by atoms with Crippen LogP contribution >= 0.6 is 11.6 Å². The first kappa shape index (κ1) is 21.2. The van der Waals surface area contributed by atoms with E-state index < -0.39 is 11.5 Å². The van der Waals surface area contributed by atoms with E-state index in [1.165, 1.54) is 6.07 Å². The molecule has 3 aromatic rings. The predicted octanol–water partition coefficient (Wildman–Crippen LogP) is 5.04. The lowest BCUT2D eigenvalue weighted by Crippen LogP contribution is -2.53. The number of rotatable bonds is 4. The number of oxime groups is 1. The molecular weight excluding hydrogens is 457 g/mol. The Morgan fingerprint density at radius 2 is 1.97 bits per heavy atom. The Hall–Kier alpha value is -3.39. The van der Waals surface area contributed by atoms with Gasteiger partial charge in [-0.1, -0.05) is 35.8 Å². The van der Waals surface area contributed by atoms with Crippen LogP contribution in [0, 0.1) is 5.82 Å². The normalized spacial score (nSPS) is 23.5. The molecule has 1 atom stereocenters. The fourth-order valence-electron chi connectivity index (χ4n) is 4.38. The summed E-state index contributed by atoms with van der Waals surface area (Å²) >= 11 is 6.07. The Morgan fingerprint density at radius 1 is 1.18 bits per heavy atom. The van der Waals surface area contributed by atoms with Crippen LogP contribution in [0.25, 0.3) is 11.8 Å². The number of ether oxygens (including phenoxy) is 1. The average molecular weight is 480 g/mol. The Bertz CT molecular complexity index is 1330. The molecule has 2 aromatic carbocycles. The van der Waals surface area contributed by atoms with E-state index >= 15 is 0 Å². The van der Waals surface area contributed by atoms with E-state index in [4.69, 9.17) is 21.2 Å². The number of morpholine rings is 1. The molecule has 0 amide bonds. The van der Waals surface area contributed by atoms with Crippen molar-refractivity contribution in [2.45, 2.75) is 44.4 Å². The minimum Gasteiger partial charge on any atom is -0.481 e. The van der Waals surface area contributed by atoms with Crippen LogP contribution in [0.1, 0.15) is 43.6 Å². The zero-order chi connectivity index (χ0) is 23.5. The standard InChI is InChI=1S/C25H23ClFN5O2/c1-3-22-28-15-32(29-22)18-7-4-16(5-8-18)12-21-23-30-34-24(2,17-6-9-20(27)19(26)13-17)31(23)14-25(33-21)10-11-25/h4-9,12-13,15H,3,10-11,14H2,1-2H3/b21-12-. The number of aromatic nitrogens is 3. The zero-order valence-corrected chi connectivity index (χ0v) is 19.6. The summed E-state index contributed by atoms with van der Waals surface area (Å²) in [5, 5.41) is 8.89. The van der Waals surface area contributed by atoms with Gasteiger partial charge in [0.05, 0.1) is 17.3 Å². The summed E-state index contributed by atoms with van der Waals surface area (Å²) in [6.07, 6.45) is 6.40. The summed E-state index contributed by atoms with van der Waals surface area (Å²) in [7, 11) is 0. The second kappa shape index (κ2) is 7.56. The van der Waals surface area contributed by atoms with E-state index in [9.17, 15) is 4.39 Å². The molecular formula is C25H23ClFN5O2. The van der Waals surface area contributed by atoms with E-state index in [1.807, 2.05) is 44.2 Å². The lowest BCUT2D eigenvalue weighted by molar-refractivity contribution is -0.108. The Labute approximate surface area is 201 Å².